The molecule has 1 saturated heterocycles. The lowest BCUT2D eigenvalue weighted by molar-refractivity contribution is -0.272. The molecule has 290 valence electrons. The second-order valence-corrected chi connectivity index (χ2v) is 14.9. The van der Waals surface area contributed by atoms with Crippen molar-refractivity contribution >= 4 is 47.6 Å². The summed E-state index contributed by atoms with van der Waals surface area (Å²) in [6, 6.07) is 0. The Morgan fingerprint density at radius 2 is 1.37 bits per heavy atom. The molecule has 0 bridgehead atoms. The van der Waals surface area contributed by atoms with Gasteiger partial charge in [0.2, 0.25) is 0 Å². The van der Waals surface area contributed by atoms with Crippen LogP contribution in [-0.2, 0) is 71.5 Å². The average Bonchev–Trinajstić information content (AvgIpc) is 3.20. The van der Waals surface area contributed by atoms with E-state index in [1.54, 1.807) is 13.8 Å². The Balaban J connectivity index is 2.68. The van der Waals surface area contributed by atoms with Crippen molar-refractivity contribution in [3.8, 4) is 0 Å². The maximum absolute atomic E-state index is 14.9. The number of allylic oxidation sites excluding steroid dienone is 1. The summed E-state index contributed by atoms with van der Waals surface area (Å²) in [6.45, 7) is 14.1. The van der Waals surface area contributed by atoms with E-state index in [0.29, 0.717) is 0 Å². The molecule has 0 amide bonds. The molecule has 16 heteroatoms. The molecule has 10 atom stereocenters. The van der Waals surface area contributed by atoms with Crippen LogP contribution >= 0.6 is 0 Å². The molecule has 0 unspecified atom stereocenters. The summed E-state index contributed by atoms with van der Waals surface area (Å²) < 4.78 is 41.2. The van der Waals surface area contributed by atoms with Crippen LogP contribution < -0.4 is 0 Å². The van der Waals surface area contributed by atoms with Crippen molar-refractivity contribution in [1.29, 1.82) is 0 Å². The Bertz CT molecular complexity index is 1510. The zero-order valence-electron chi connectivity index (χ0n) is 31.5. The molecule has 1 N–H and O–H groups in total. The quantitative estimate of drug-likeness (QED) is 0.225. The molecule has 3 rings (SSSR count). The maximum atomic E-state index is 14.9. The average molecular weight is 739 g/mol. The largest absolute Gasteiger partial charge is 0.458 e. The van der Waals surface area contributed by atoms with Gasteiger partial charge in [0.05, 0.1) is 11.8 Å². The number of fused-ring (bicyclic) bond motifs is 3. The highest BCUT2D eigenvalue weighted by molar-refractivity contribution is 5.94. The number of ether oxygens (including phenoxy) is 7. The van der Waals surface area contributed by atoms with Crippen LogP contribution in [0.5, 0.6) is 0 Å². The Hall–Kier alpha value is -4.34. The van der Waals surface area contributed by atoms with Crippen molar-refractivity contribution in [1.82, 2.24) is 0 Å². The molecular weight excluding hydrogens is 688 g/mol. The molecule has 16 nitrogen and oxygen atoms in total. The van der Waals surface area contributed by atoms with Crippen LogP contribution in [0.2, 0.25) is 0 Å². The van der Waals surface area contributed by atoms with E-state index < -0.39 is 137 Å². The zero-order chi connectivity index (χ0) is 39.7. The zero-order valence-corrected chi connectivity index (χ0v) is 31.5. The lowest BCUT2D eigenvalue weighted by atomic mass is 9.66. The van der Waals surface area contributed by atoms with Crippen LogP contribution in [0.25, 0.3) is 0 Å². The van der Waals surface area contributed by atoms with E-state index in [2.05, 4.69) is 0 Å². The summed E-state index contributed by atoms with van der Waals surface area (Å²) in [5, 5.41) is 12.2. The van der Waals surface area contributed by atoms with Gasteiger partial charge in [0.1, 0.15) is 11.7 Å². The van der Waals surface area contributed by atoms with Gasteiger partial charge < -0.3 is 38.3 Å². The van der Waals surface area contributed by atoms with E-state index in [1.807, 2.05) is 0 Å². The normalized spacial score (nSPS) is 36.3. The third-order valence-corrected chi connectivity index (χ3v) is 9.71. The van der Waals surface area contributed by atoms with Crippen LogP contribution in [0.3, 0.4) is 0 Å². The third kappa shape index (κ3) is 8.31. The van der Waals surface area contributed by atoms with Gasteiger partial charge in [-0.15, -0.1) is 0 Å². The minimum absolute atomic E-state index is 0.497. The monoisotopic (exact) mass is 738 g/mol. The fraction of sp³-hybridized carbons (Fsp3) is 0.722. The maximum Gasteiger partial charge on any atom is 0.308 e. The van der Waals surface area contributed by atoms with Gasteiger partial charge >= 0.3 is 41.8 Å². The first-order valence-electron chi connectivity index (χ1n) is 17.1. The van der Waals surface area contributed by atoms with Crippen molar-refractivity contribution in [2.75, 3.05) is 0 Å². The predicted octanol–water partition coefficient (Wildman–Crippen LogP) is 2.23. The summed E-state index contributed by atoms with van der Waals surface area (Å²) in [4.78, 5) is 106. The molecule has 2 fully saturated rings. The smallest absolute Gasteiger partial charge is 0.308 e. The van der Waals surface area contributed by atoms with E-state index in [0.717, 1.165) is 34.6 Å². The fourth-order valence-electron chi connectivity index (χ4n) is 7.69. The number of hydrogen-bond donors (Lipinski definition) is 1. The number of hydrogen-bond acceptors (Lipinski definition) is 16. The minimum atomic E-state index is -2.45. The Morgan fingerprint density at radius 3 is 1.87 bits per heavy atom. The van der Waals surface area contributed by atoms with Crippen LogP contribution in [0.15, 0.2) is 12.2 Å². The van der Waals surface area contributed by atoms with Crippen LogP contribution in [-0.4, -0.2) is 100.0 Å². The molecule has 0 aromatic heterocycles. The Morgan fingerprint density at radius 1 is 0.808 bits per heavy atom. The molecule has 0 radical (unpaired) electrons. The molecule has 3 aliphatic rings. The van der Waals surface area contributed by atoms with E-state index in [1.165, 1.54) is 39.8 Å². The first-order chi connectivity index (χ1) is 23.8. The molecule has 1 heterocycles. The van der Waals surface area contributed by atoms with Crippen molar-refractivity contribution in [2.45, 2.75) is 143 Å². The highest BCUT2D eigenvalue weighted by Gasteiger charge is 2.75. The van der Waals surface area contributed by atoms with Crippen molar-refractivity contribution in [2.24, 2.45) is 23.2 Å². The van der Waals surface area contributed by atoms with Crippen molar-refractivity contribution in [3.05, 3.63) is 12.2 Å². The van der Waals surface area contributed by atoms with Gasteiger partial charge in [-0.25, -0.2) is 0 Å². The number of rotatable bonds is 7. The SMILES string of the molecule is CC(=O)O[C@@H]1[C@H](OC(C)=O)C(C)(C)/C=C/[C@@H](C)C(=O)[C@]2(OC(C)=O)C[C@](C)(OC(C)=O)[C@@H](O)[C@H]2[C@@H]2OC(=O)CC[C@]2(OC(C)=O)[C@H]1OC(=O)C(C)C. The van der Waals surface area contributed by atoms with E-state index in [4.69, 9.17) is 33.2 Å². The third-order valence-electron chi connectivity index (χ3n) is 9.71. The van der Waals surface area contributed by atoms with Crippen molar-refractivity contribution in [3.63, 3.8) is 0 Å². The second kappa shape index (κ2) is 15.3. The van der Waals surface area contributed by atoms with Gasteiger partial charge in [-0.1, -0.05) is 46.8 Å². The molecule has 0 spiro atoms. The number of aliphatic hydroxyl groups is 1. The highest BCUT2D eigenvalue weighted by atomic mass is 16.7. The number of aliphatic hydroxyl groups excluding tert-OH is 1. The van der Waals surface area contributed by atoms with Gasteiger partial charge in [-0.3, -0.25) is 38.4 Å². The predicted molar refractivity (Wildman–Crippen MR) is 175 cm³/mol. The van der Waals surface area contributed by atoms with Gasteiger partial charge in [-0.05, 0) is 6.92 Å². The van der Waals surface area contributed by atoms with E-state index >= 15 is 0 Å². The summed E-state index contributed by atoms with van der Waals surface area (Å²) in [7, 11) is 0. The summed E-state index contributed by atoms with van der Waals surface area (Å²) in [6.07, 6.45) is -8.10. The van der Waals surface area contributed by atoms with Crippen LogP contribution in [0.1, 0.15) is 95.4 Å². The second-order valence-electron chi connectivity index (χ2n) is 14.9. The lowest BCUT2D eigenvalue weighted by Gasteiger charge is -2.53. The highest BCUT2D eigenvalue weighted by Crippen LogP contribution is 2.56. The molecule has 0 aromatic carbocycles. The number of ketones is 1. The number of Topliss-reactive ketones (excluding diaryl/α,β-unsaturated/α-hetero) is 1. The molecule has 0 aromatic rings. The van der Waals surface area contributed by atoms with Gasteiger partial charge in [0.25, 0.3) is 0 Å². The van der Waals surface area contributed by atoms with E-state index in [-0.39, 0.29) is 0 Å². The summed E-state index contributed by atoms with van der Waals surface area (Å²) in [5.74, 6) is -11.3. The summed E-state index contributed by atoms with van der Waals surface area (Å²) in [5.41, 5.74) is -8.26. The topological polar surface area (TPSA) is 221 Å². The Kier molecular flexibility index (Phi) is 12.4. The van der Waals surface area contributed by atoms with Crippen LogP contribution in [0.4, 0.5) is 0 Å². The van der Waals surface area contributed by atoms with Crippen molar-refractivity contribution < 1.29 is 76.6 Å². The van der Waals surface area contributed by atoms with Gasteiger partial charge in [0, 0.05) is 65.2 Å². The fourth-order valence-corrected chi connectivity index (χ4v) is 7.69. The molecule has 2 aliphatic carbocycles. The lowest BCUT2D eigenvalue weighted by Crippen LogP contribution is -2.72. The summed E-state index contributed by atoms with van der Waals surface area (Å²) >= 11 is 0. The minimum Gasteiger partial charge on any atom is -0.458 e. The Labute approximate surface area is 302 Å². The first-order valence-corrected chi connectivity index (χ1v) is 17.1. The standard InChI is InChI=1S/C36H50O16/c1-17(2)32(45)49-31-26(46-19(4)37)30(47-20(5)38)33(9,10)14-12-18(3)27(43)36(52-23(8)41)16-34(11,50-21(6)39)28(44)25(36)29-35(31,51-22(7)40)15-13-24(42)48-29/h12,14,17-18,25-26,28-31,44H,13,15-16H2,1-11H3/b14-12+/t18-,25+,26-,28+,29+,30+,31+,34+,35-,36+/m1/s1. The molecule has 1 saturated carbocycles. The first kappa shape index (κ1) is 42.1. The number of carbonyl (C=O) groups excluding carboxylic acids is 8. The number of esters is 7. The van der Waals surface area contributed by atoms with Gasteiger partial charge in [-0.2, -0.15) is 0 Å². The molecular formula is C36H50O16. The van der Waals surface area contributed by atoms with Gasteiger partial charge in [0.15, 0.2) is 41.4 Å². The van der Waals surface area contributed by atoms with Crippen LogP contribution in [0, 0.1) is 23.2 Å². The number of carbonyl (C=O) groups is 8. The molecule has 52 heavy (non-hydrogen) atoms. The molecule has 1 aliphatic heterocycles. The van der Waals surface area contributed by atoms with E-state index in [9.17, 15) is 43.5 Å².